The van der Waals surface area contributed by atoms with Gasteiger partial charge in [0.2, 0.25) is 0 Å². The summed E-state index contributed by atoms with van der Waals surface area (Å²) in [7, 11) is 0. The topological polar surface area (TPSA) is 15.7 Å². The molecular weight excluding hydrogens is 765 g/mol. The number of benzene rings is 10. The van der Waals surface area contributed by atoms with Crippen molar-refractivity contribution in [2.24, 2.45) is 0 Å². The zero-order valence-corrected chi connectivity index (χ0v) is 34.6. The van der Waals surface area contributed by atoms with Gasteiger partial charge in [-0.25, -0.2) is 0 Å². The minimum absolute atomic E-state index is 0.0234. The van der Waals surface area contributed by atoms with Gasteiger partial charge in [0.05, 0.1) is 17.1 Å². The fraction of sp³-hybridized carbons (Fsp3) is 0.0333. The minimum Gasteiger partial charge on any atom is -0.453 e. The number of rotatable bonds is 8. The summed E-state index contributed by atoms with van der Waals surface area (Å²) in [5.41, 5.74) is 15.0. The fourth-order valence-electron chi connectivity index (χ4n) is 9.92. The van der Waals surface area contributed by atoms with Crippen LogP contribution in [0.25, 0.3) is 49.6 Å². The summed E-state index contributed by atoms with van der Waals surface area (Å²) in [5.74, 6) is 1.76. The van der Waals surface area contributed by atoms with E-state index in [9.17, 15) is 0 Å². The van der Waals surface area contributed by atoms with Crippen molar-refractivity contribution in [3.05, 3.63) is 259 Å². The highest BCUT2D eigenvalue weighted by Crippen LogP contribution is 2.57. The van der Waals surface area contributed by atoms with E-state index in [1.54, 1.807) is 0 Å². The number of fused-ring (bicyclic) bond motifs is 5. The Kier molecular flexibility index (Phi) is 8.97. The van der Waals surface area contributed by atoms with Crippen LogP contribution in [0.1, 0.15) is 22.6 Å². The van der Waals surface area contributed by atoms with Gasteiger partial charge in [0.15, 0.2) is 11.5 Å². The lowest BCUT2D eigenvalue weighted by Gasteiger charge is -2.35. The Hall–Kier alpha value is -8.14. The van der Waals surface area contributed by atoms with E-state index in [0.29, 0.717) is 0 Å². The highest BCUT2D eigenvalue weighted by molar-refractivity contribution is 6.00. The lowest BCUT2D eigenvalue weighted by atomic mass is 9.90. The second-order valence-corrected chi connectivity index (χ2v) is 16.4. The fourth-order valence-corrected chi connectivity index (χ4v) is 9.92. The molecule has 2 aliphatic rings. The first-order chi connectivity index (χ1) is 31.3. The monoisotopic (exact) mass is 806 g/mol. The van der Waals surface area contributed by atoms with Crippen molar-refractivity contribution in [3.63, 3.8) is 0 Å². The molecule has 0 saturated heterocycles. The molecule has 1 aliphatic heterocycles. The van der Waals surface area contributed by atoms with Gasteiger partial charge < -0.3 is 14.5 Å². The standard InChI is InChI=1S/C60H42N2O/c1-3-16-41(17-4-1)40-54-53-28-15-30-56(58(53)60-59(54)62(46-22-5-2-6-23-46)55-29-11-12-31-57(55)63-60)61(47-36-32-44(33-37-47)51-26-13-20-42-18-7-9-24-49(42)51)48-38-34-45(35-39-48)52-27-14-21-43-19-8-10-25-50(43)52/h1-39,54H,40H2. The summed E-state index contributed by atoms with van der Waals surface area (Å²) < 4.78 is 7.21. The number of nitrogens with zero attached hydrogens (tertiary/aromatic N) is 2. The van der Waals surface area contributed by atoms with Crippen LogP contribution in [0.4, 0.5) is 28.4 Å². The van der Waals surface area contributed by atoms with Crippen molar-refractivity contribution < 1.29 is 4.74 Å². The Balaban J connectivity index is 1.06. The number of para-hydroxylation sites is 3. The van der Waals surface area contributed by atoms with Gasteiger partial charge >= 0.3 is 0 Å². The third kappa shape index (κ3) is 6.36. The predicted molar refractivity (Wildman–Crippen MR) is 262 cm³/mol. The van der Waals surface area contributed by atoms with E-state index in [1.807, 2.05) is 0 Å². The first-order valence-electron chi connectivity index (χ1n) is 21.8. The molecule has 298 valence electrons. The van der Waals surface area contributed by atoms with Crippen LogP contribution in [0.2, 0.25) is 0 Å². The van der Waals surface area contributed by atoms with Gasteiger partial charge in [-0.05, 0) is 116 Å². The maximum absolute atomic E-state index is 7.21. The van der Waals surface area contributed by atoms with E-state index in [1.165, 1.54) is 54.9 Å². The summed E-state index contributed by atoms with van der Waals surface area (Å²) >= 11 is 0. The van der Waals surface area contributed by atoms with Gasteiger partial charge in [-0.1, -0.05) is 182 Å². The maximum atomic E-state index is 7.21. The van der Waals surface area contributed by atoms with Crippen LogP contribution in [0.15, 0.2) is 242 Å². The summed E-state index contributed by atoms with van der Waals surface area (Å²) in [5, 5.41) is 4.96. The Morgan fingerprint density at radius 2 is 0.968 bits per heavy atom. The van der Waals surface area contributed by atoms with Crippen molar-refractivity contribution >= 4 is 55.7 Å². The van der Waals surface area contributed by atoms with Crippen molar-refractivity contribution in [1.82, 2.24) is 0 Å². The van der Waals surface area contributed by atoms with Crippen LogP contribution in [-0.2, 0) is 6.42 Å². The van der Waals surface area contributed by atoms with E-state index in [4.69, 9.17) is 4.74 Å². The average molecular weight is 807 g/mol. The number of hydrogen-bond acceptors (Lipinski definition) is 3. The number of ether oxygens (including phenoxy) is 1. The van der Waals surface area contributed by atoms with Crippen LogP contribution >= 0.6 is 0 Å². The highest BCUT2D eigenvalue weighted by Gasteiger charge is 2.43. The smallest absolute Gasteiger partial charge is 0.157 e. The molecule has 0 bridgehead atoms. The molecule has 10 aromatic carbocycles. The normalized spacial score (nSPS) is 14.0. The minimum atomic E-state index is 0.0234. The molecule has 1 heterocycles. The van der Waals surface area contributed by atoms with Crippen molar-refractivity contribution in [2.45, 2.75) is 12.3 Å². The molecule has 1 atom stereocenters. The summed E-state index contributed by atoms with van der Waals surface area (Å²) in [6, 6.07) is 85.4. The van der Waals surface area contributed by atoms with Crippen LogP contribution < -0.4 is 14.5 Å². The van der Waals surface area contributed by atoms with E-state index in [2.05, 4.69) is 246 Å². The SMILES string of the molecule is c1ccc(CC2C3=C(Oc4ccccc4N3c3ccccc3)c3c2cccc3N(c2ccc(-c3cccc4ccccc34)cc2)c2ccc(-c3cccc4ccccc34)cc2)cc1. The van der Waals surface area contributed by atoms with E-state index in [-0.39, 0.29) is 5.92 Å². The van der Waals surface area contributed by atoms with Gasteiger partial charge in [-0.2, -0.15) is 0 Å². The molecule has 0 saturated carbocycles. The average Bonchev–Trinajstić information content (AvgIpc) is 3.66. The molecule has 0 N–H and O–H groups in total. The largest absolute Gasteiger partial charge is 0.453 e. The van der Waals surface area contributed by atoms with Gasteiger partial charge in [-0.15, -0.1) is 0 Å². The second-order valence-electron chi connectivity index (χ2n) is 16.4. The predicted octanol–water partition coefficient (Wildman–Crippen LogP) is 16.0. The van der Waals surface area contributed by atoms with Crippen LogP contribution in [0.3, 0.4) is 0 Å². The molecule has 1 aliphatic carbocycles. The molecule has 63 heavy (non-hydrogen) atoms. The first-order valence-corrected chi connectivity index (χ1v) is 21.8. The highest BCUT2D eigenvalue weighted by atomic mass is 16.5. The maximum Gasteiger partial charge on any atom is 0.157 e. The van der Waals surface area contributed by atoms with E-state index >= 15 is 0 Å². The molecule has 0 amide bonds. The summed E-state index contributed by atoms with van der Waals surface area (Å²) in [6.07, 6.45) is 0.824. The second kappa shape index (κ2) is 15.4. The van der Waals surface area contributed by atoms with Crippen LogP contribution in [0.5, 0.6) is 5.75 Å². The molecule has 0 spiro atoms. The lowest BCUT2D eigenvalue weighted by Crippen LogP contribution is -2.25. The van der Waals surface area contributed by atoms with E-state index < -0.39 is 0 Å². The summed E-state index contributed by atoms with van der Waals surface area (Å²) in [6.45, 7) is 0. The molecule has 0 fully saturated rings. The zero-order valence-electron chi connectivity index (χ0n) is 34.6. The van der Waals surface area contributed by atoms with Gasteiger partial charge in [0.1, 0.15) is 0 Å². The number of allylic oxidation sites excluding steroid dienone is 1. The van der Waals surface area contributed by atoms with Gasteiger partial charge in [-0.3, -0.25) is 0 Å². The Labute approximate surface area is 368 Å². The van der Waals surface area contributed by atoms with Gasteiger partial charge in [0.25, 0.3) is 0 Å². The first kappa shape index (κ1) is 36.7. The third-order valence-corrected chi connectivity index (χ3v) is 12.8. The van der Waals surface area contributed by atoms with Gasteiger partial charge in [0, 0.05) is 28.5 Å². The molecule has 12 rings (SSSR count). The molecule has 0 radical (unpaired) electrons. The molecule has 1 unspecified atom stereocenters. The quantitative estimate of drug-likeness (QED) is 0.152. The van der Waals surface area contributed by atoms with Crippen LogP contribution in [-0.4, -0.2) is 0 Å². The third-order valence-electron chi connectivity index (χ3n) is 12.8. The zero-order chi connectivity index (χ0) is 41.7. The number of anilines is 5. The van der Waals surface area contributed by atoms with E-state index in [0.717, 1.165) is 57.6 Å². The van der Waals surface area contributed by atoms with Crippen molar-refractivity contribution in [3.8, 4) is 28.0 Å². The molecule has 3 nitrogen and oxygen atoms in total. The lowest BCUT2D eigenvalue weighted by molar-refractivity contribution is 0.500. The Bertz CT molecular complexity index is 3200. The molecular formula is C60H42N2O. The van der Waals surface area contributed by atoms with Crippen molar-refractivity contribution in [2.75, 3.05) is 9.80 Å². The van der Waals surface area contributed by atoms with Crippen LogP contribution in [0, 0.1) is 0 Å². The molecule has 3 heteroatoms. The Morgan fingerprint density at radius 3 is 1.60 bits per heavy atom. The number of hydrogen-bond donors (Lipinski definition) is 0. The Morgan fingerprint density at radius 1 is 0.444 bits per heavy atom. The van der Waals surface area contributed by atoms with Crippen molar-refractivity contribution in [1.29, 1.82) is 0 Å². The summed E-state index contributed by atoms with van der Waals surface area (Å²) in [4.78, 5) is 4.86. The molecule has 0 aromatic heterocycles. The molecule has 10 aromatic rings.